The summed E-state index contributed by atoms with van der Waals surface area (Å²) in [5.41, 5.74) is 1.63. The molecule has 3 rings (SSSR count). The Labute approximate surface area is 127 Å². The number of amides is 2. The molecule has 0 aliphatic carbocycles. The van der Waals surface area contributed by atoms with Gasteiger partial charge >= 0.3 is 0 Å². The van der Waals surface area contributed by atoms with Gasteiger partial charge in [-0.3, -0.25) is 9.59 Å². The number of likely N-dealkylation sites (tertiary alicyclic amines) is 1. The molecule has 0 spiro atoms. The van der Waals surface area contributed by atoms with Crippen LogP contribution >= 0.6 is 0 Å². The highest BCUT2D eigenvalue weighted by atomic mass is 16.5. The van der Waals surface area contributed by atoms with Crippen molar-refractivity contribution in [2.24, 2.45) is 0 Å². The van der Waals surface area contributed by atoms with Crippen LogP contribution in [0.2, 0.25) is 0 Å². The van der Waals surface area contributed by atoms with Crippen molar-refractivity contribution in [3.8, 4) is 0 Å². The number of nitrogens with one attached hydrogen (secondary N) is 1. The summed E-state index contributed by atoms with van der Waals surface area (Å²) in [5.74, 6) is 0.0339. The Morgan fingerprint density at radius 2 is 2.36 bits per heavy atom. The topological polar surface area (TPSA) is 88.3 Å². The van der Waals surface area contributed by atoms with Crippen molar-refractivity contribution in [1.82, 2.24) is 20.4 Å². The van der Waals surface area contributed by atoms with Crippen molar-refractivity contribution in [3.63, 3.8) is 0 Å². The van der Waals surface area contributed by atoms with E-state index in [0.717, 1.165) is 24.8 Å². The monoisotopic (exact) mass is 302 g/mol. The fourth-order valence-electron chi connectivity index (χ4n) is 2.58. The lowest BCUT2D eigenvalue weighted by Crippen LogP contribution is -2.30. The van der Waals surface area contributed by atoms with E-state index < -0.39 is 0 Å². The Hall–Kier alpha value is -2.44. The summed E-state index contributed by atoms with van der Waals surface area (Å²) in [6, 6.07) is 1.73. The Morgan fingerprint density at radius 1 is 1.50 bits per heavy atom. The minimum atomic E-state index is -0.178. The van der Waals surface area contributed by atoms with E-state index in [1.807, 2.05) is 11.8 Å². The number of aryl methyl sites for hydroxylation is 1. The van der Waals surface area contributed by atoms with Gasteiger partial charge in [-0.25, -0.2) is 4.98 Å². The molecule has 22 heavy (non-hydrogen) atoms. The lowest BCUT2D eigenvalue weighted by atomic mass is 10.2. The van der Waals surface area contributed by atoms with Crippen LogP contribution < -0.4 is 5.32 Å². The van der Waals surface area contributed by atoms with Gasteiger partial charge in [0.25, 0.3) is 11.6 Å². The van der Waals surface area contributed by atoms with Crippen molar-refractivity contribution in [3.05, 3.63) is 23.5 Å². The highest BCUT2D eigenvalue weighted by molar-refractivity contribution is 5.96. The number of hydrogen-bond acceptors (Lipinski definition) is 5. The molecule has 0 bridgehead atoms. The highest BCUT2D eigenvalue weighted by Crippen LogP contribution is 2.16. The number of aromatic nitrogens is 2. The van der Waals surface area contributed by atoms with Gasteiger partial charge in [-0.1, -0.05) is 5.16 Å². The summed E-state index contributed by atoms with van der Waals surface area (Å²) in [4.78, 5) is 29.5. The maximum atomic E-state index is 12.1. The van der Waals surface area contributed by atoms with Crippen LogP contribution in [0.5, 0.6) is 0 Å². The van der Waals surface area contributed by atoms with E-state index in [0.29, 0.717) is 36.5 Å². The molecule has 2 aromatic heterocycles. The second kappa shape index (κ2) is 6.13. The van der Waals surface area contributed by atoms with Crippen LogP contribution in [-0.2, 0) is 4.79 Å². The number of carbonyl (C=O) groups is 2. The Balaban J connectivity index is 1.52. The van der Waals surface area contributed by atoms with Gasteiger partial charge in [-0.15, -0.1) is 0 Å². The van der Waals surface area contributed by atoms with Crippen LogP contribution in [0.4, 0.5) is 0 Å². The summed E-state index contributed by atoms with van der Waals surface area (Å²) >= 11 is 0. The van der Waals surface area contributed by atoms with Gasteiger partial charge in [0, 0.05) is 32.3 Å². The van der Waals surface area contributed by atoms with Crippen LogP contribution in [0.15, 0.2) is 16.8 Å². The number of hydrogen-bond donors (Lipinski definition) is 1. The Kier molecular flexibility index (Phi) is 4.04. The van der Waals surface area contributed by atoms with E-state index in [1.165, 1.54) is 6.20 Å². The normalized spacial score (nSPS) is 14.8. The summed E-state index contributed by atoms with van der Waals surface area (Å²) in [5, 5.41) is 7.41. The maximum Gasteiger partial charge on any atom is 0.257 e. The van der Waals surface area contributed by atoms with Gasteiger partial charge in [0.1, 0.15) is 0 Å². The lowest BCUT2D eigenvalue weighted by Gasteiger charge is -2.15. The van der Waals surface area contributed by atoms with E-state index in [9.17, 15) is 9.59 Å². The molecule has 0 atom stereocenters. The smallest absolute Gasteiger partial charge is 0.257 e. The Morgan fingerprint density at radius 3 is 3.14 bits per heavy atom. The third-order valence-electron chi connectivity index (χ3n) is 3.83. The number of pyridine rings is 1. The molecule has 1 aliphatic heterocycles. The van der Waals surface area contributed by atoms with Crippen molar-refractivity contribution in [2.45, 2.75) is 26.2 Å². The zero-order valence-electron chi connectivity index (χ0n) is 12.5. The summed E-state index contributed by atoms with van der Waals surface area (Å²) in [7, 11) is 0. The second-order valence-corrected chi connectivity index (χ2v) is 5.44. The zero-order chi connectivity index (χ0) is 15.5. The highest BCUT2D eigenvalue weighted by Gasteiger charge is 2.19. The first kappa shape index (κ1) is 14.5. The van der Waals surface area contributed by atoms with Gasteiger partial charge in [-0.2, -0.15) is 0 Å². The van der Waals surface area contributed by atoms with Crippen LogP contribution in [0.3, 0.4) is 0 Å². The van der Waals surface area contributed by atoms with Gasteiger partial charge < -0.3 is 14.7 Å². The third kappa shape index (κ3) is 2.93. The first-order valence-electron chi connectivity index (χ1n) is 7.43. The average Bonchev–Trinajstić information content (AvgIpc) is 3.10. The van der Waals surface area contributed by atoms with Crippen LogP contribution in [0.1, 0.15) is 35.3 Å². The van der Waals surface area contributed by atoms with Gasteiger partial charge in [0.2, 0.25) is 5.91 Å². The molecule has 1 aliphatic rings. The maximum absolute atomic E-state index is 12.1. The predicted octanol–water partition coefficient (Wildman–Crippen LogP) is 1.27. The van der Waals surface area contributed by atoms with Crippen LogP contribution in [-0.4, -0.2) is 46.5 Å². The quantitative estimate of drug-likeness (QED) is 0.840. The van der Waals surface area contributed by atoms with Gasteiger partial charge in [0.05, 0.1) is 16.6 Å². The number of fused-ring (bicyclic) bond motifs is 1. The van der Waals surface area contributed by atoms with Crippen LogP contribution in [0, 0.1) is 6.92 Å². The molecule has 2 aromatic rings. The molecule has 3 heterocycles. The molecule has 0 unspecified atom stereocenters. The Bertz CT molecular complexity index is 710. The first-order chi connectivity index (χ1) is 10.6. The van der Waals surface area contributed by atoms with Crippen molar-refractivity contribution in [2.75, 3.05) is 19.6 Å². The fourth-order valence-corrected chi connectivity index (χ4v) is 2.58. The van der Waals surface area contributed by atoms with E-state index in [4.69, 9.17) is 4.52 Å². The molecule has 1 saturated heterocycles. The fraction of sp³-hybridized carbons (Fsp3) is 0.467. The van der Waals surface area contributed by atoms with E-state index in [-0.39, 0.29) is 11.8 Å². The van der Waals surface area contributed by atoms with E-state index in [2.05, 4.69) is 15.5 Å². The van der Waals surface area contributed by atoms with Crippen LogP contribution in [0.25, 0.3) is 11.1 Å². The molecular weight excluding hydrogens is 284 g/mol. The summed E-state index contributed by atoms with van der Waals surface area (Å²) in [6.45, 7) is 3.87. The average molecular weight is 302 g/mol. The number of rotatable bonds is 5. The van der Waals surface area contributed by atoms with Gasteiger partial charge in [-0.05, 0) is 25.8 Å². The SMILES string of the molecule is Cc1noc2ncc(C(=O)NCCCN3CCCC3=O)cc12. The van der Waals surface area contributed by atoms with E-state index in [1.54, 1.807) is 6.07 Å². The number of carbonyl (C=O) groups excluding carboxylic acids is 2. The molecule has 1 fully saturated rings. The minimum Gasteiger partial charge on any atom is -0.352 e. The molecular formula is C15H18N4O3. The minimum absolute atomic E-state index is 0.178. The number of nitrogens with zero attached hydrogens (tertiary/aromatic N) is 3. The van der Waals surface area contributed by atoms with Crippen molar-refractivity contribution >= 4 is 22.9 Å². The molecule has 116 valence electrons. The zero-order valence-corrected chi connectivity index (χ0v) is 12.5. The lowest BCUT2D eigenvalue weighted by molar-refractivity contribution is -0.127. The standard InChI is InChI=1S/C15H18N4O3/c1-10-12-8-11(9-17-15(12)22-18-10)14(21)16-5-3-7-19-6-2-4-13(19)20/h8-9H,2-7H2,1H3,(H,16,21). The molecule has 7 nitrogen and oxygen atoms in total. The molecule has 0 aromatic carbocycles. The summed E-state index contributed by atoms with van der Waals surface area (Å²) in [6.07, 6.45) is 3.82. The molecule has 1 N–H and O–H groups in total. The summed E-state index contributed by atoms with van der Waals surface area (Å²) < 4.78 is 5.02. The molecule has 0 radical (unpaired) electrons. The first-order valence-corrected chi connectivity index (χ1v) is 7.43. The predicted molar refractivity (Wildman–Crippen MR) is 79.3 cm³/mol. The third-order valence-corrected chi connectivity index (χ3v) is 3.83. The largest absolute Gasteiger partial charge is 0.352 e. The van der Waals surface area contributed by atoms with Crippen molar-refractivity contribution in [1.29, 1.82) is 0 Å². The van der Waals surface area contributed by atoms with Gasteiger partial charge in [0.15, 0.2) is 0 Å². The van der Waals surface area contributed by atoms with E-state index >= 15 is 0 Å². The van der Waals surface area contributed by atoms with Crippen molar-refractivity contribution < 1.29 is 14.1 Å². The second-order valence-electron chi connectivity index (χ2n) is 5.44. The molecule has 7 heteroatoms. The molecule has 0 saturated carbocycles. The molecule has 2 amide bonds.